The Bertz CT molecular complexity index is 1030. The zero-order valence-corrected chi connectivity index (χ0v) is 22.3. The second-order valence-corrected chi connectivity index (χ2v) is 11.8. The third-order valence-electron chi connectivity index (χ3n) is 9.34. The van der Waals surface area contributed by atoms with Gasteiger partial charge in [-0.25, -0.2) is 0 Å². The summed E-state index contributed by atoms with van der Waals surface area (Å²) in [5.74, 6) is -3.21. The summed E-state index contributed by atoms with van der Waals surface area (Å²) >= 11 is 0. The topological polar surface area (TPSA) is 169 Å². The largest absolute Gasteiger partial charge is 0.461 e. The van der Waals surface area contributed by atoms with Crippen LogP contribution in [0.5, 0.6) is 0 Å². The van der Waals surface area contributed by atoms with Gasteiger partial charge in [0.2, 0.25) is 0 Å². The molecule has 0 aromatic rings. The summed E-state index contributed by atoms with van der Waals surface area (Å²) in [4.78, 5) is 37.4. The van der Waals surface area contributed by atoms with Crippen LogP contribution in [0.2, 0.25) is 0 Å². The third kappa shape index (κ3) is 3.69. The van der Waals surface area contributed by atoms with E-state index in [1.807, 2.05) is 0 Å². The van der Waals surface area contributed by atoms with Crippen LogP contribution in [0.1, 0.15) is 61.3 Å². The Kier molecular flexibility index (Phi) is 6.61. The minimum atomic E-state index is -1.72. The zero-order chi connectivity index (χ0) is 27.9. The van der Waals surface area contributed by atoms with E-state index < -0.39 is 82.5 Å². The molecule has 1 saturated heterocycles. The second kappa shape index (κ2) is 8.74. The van der Waals surface area contributed by atoms with Gasteiger partial charge in [-0.2, -0.15) is 0 Å². The molecule has 3 aliphatic carbocycles. The fourth-order valence-corrected chi connectivity index (χ4v) is 7.70. The van der Waals surface area contributed by atoms with Crippen LogP contribution in [0.3, 0.4) is 0 Å². The molecule has 0 amide bonds. The monoisotopic (exact) mass is 526 g/mol. The molecule has 2 saturated carbocycles. The molecular formula is C26H38O11. The van der Waals surface area contributed by atoms with Crippen LogP contribution in [0.4, 0.5) is 0 Å². The van der Waals surface area contributed by atoms with Gasteiger partial charge in [0.15, 0.2) is 11.7 Å². The number of fused-ring (bicyclic) bond motifs is 4. The highest BCUT2D eigenvalue weighted by atomic mass is 16.6. The Morgan fingerprint density at radius 1 is 1.03 bits per heavy atom. The molecule has 1 aliphatic heterocycles. The van der Waals surface area contributed by atoms with E-state index in [-0.39, 0.29) is 25.0 Å². The van der Waals surface area contributed by atoms with Crippen LogP contribution in [0.15, 0.2) is 11.1 Å². The first kappa shape index (κ1) is 28.0. The summed E-state index contributed by atoms with van der Waals surface area (Å²) in [7, 11) is 0. The van der Waals surface area contributed by atoms with Crippen LogP contribution in [-0.4, -0.2) is 92.8 Å². The molecule has 11 nitrogen and oxygen atoms in total. The maximum absolute atomic E-state index is 12.6. The maximum Gasteiger partial charge on any atom is 0.303 e. The van der Waals surface area contributed by atoms with Crippen molar-refractivity contribution < 1.29 is 53.8 Å². The molecule has 0 unspecified atom stereocenters. The van der Waals surface area contributed by atoms with Crippen molar-refractivity contribution in [3.05, 3.63) is 11.1 Å². The summed E-state index contributed by atoms with van der Waals surface area (Å²) in [5.41, 5.74) is -5.75. The summed E-state index contributed by atoms with van der Waals surface area (Å²) in [6.07, 6.45) is -7.63. The molecule has 37 heavy (non-hydrogen) atoms. The van der Waals surface area contributed by atoms with Gasteiger partial charge >= 0.3 is 17.9 Å². The van der Waals surface area contributed by atoms with Crippen LogP contribution in [0, 0.1) is 16.7 Å². The number of carbonyl (C=O) groups is 3. The van der Waals surface area contributed by atoms with Gasteiger partial charge in [-0.15, -0.1) is 0 Å². The fraction of sp³-hybridized carbons (Fsp3) is 0.808. The first-order valence-electron chi connectivity index (χ1n) is 12.6. The first-order chi connectivity index (χ1) is 16.9. The number of ether oxygens (including phenoxy) is 4. The molecule has 3 fully saturated rings. The average molecular weight is 527 g/mol. The molecule has 0 radical (unpaired) electrons. The summed E-state index contributed by atoms with van der Waals surface area (Å²) in [6, 6.07) is 0. The van der Waals surface area contributed by atoms with Crippen molar-refractivity contribution in [2.24, 2.45) is 16.7 Å². The highest BCUT2D eigenvalue weighted by Gasteiger charge is 2.79. The smallest absolute Gasteiger partial charge is 0.303 e. The maximum atomic E-state index is 12.6. The first-order valence-corrected chi connectivity index (χ1v) is 12.6. The Morgan fingerprint density at radius 3 is 2.08 bits per heavy atom. The van der Waals surface area contributed by atoms with Gasteiger partial charge in [0.1, 0.15) is 18.3 Å². The molecule has 4 rings (SSSR count). The average Bonchev–Trinajstić information content (AvgIpc) is 2.99. The number of carbonyl (C=O) groups excluding carboxylic acids is 3. The second-order valence-electron chi connectivity index (χ2n) is 11.8. The highest BCUT2D eigenvalue weighted by Crippen LogP contribution is 2.68. The molecule has 0 aromatic heterocycles. The van der Waals surface area contributed by atoms with E-state index in [1.54, 1.807) is 13.8 Å². The predicted octanol–water partition coefficient (Wildman–Crippen LogP) is 0.151. The van der Waals surface area contributed by atoms with Crippen LogP contribution < -0.4 is 0 Å². The molecule has 10 atom stereocenters. The molecule has 4 N–H and O–H groups in total. The van der Waals surface area contributed by atoms with E-state index in [1.165, 1.54) is 34.6 Å². The third-order valence-corrected chi connectivity index (χ3v) is 9.34. The lowest BCUT2D eigenvalue weighted by molar-refractivity contribution is -0.352. The van der Waals surface area contributed by atoms with Crippen LogP contribution in [-0.2, 0) is 33.3 Å². The van der Waals surface area contributed by atoms with Crippen molar-refractivity contribution in [3.8, 4) is 0 Å². The molecule has 0 spiro atoms. The quantitative estimate of drug-likeness (QED) is 0.223. The van der Waals surface area contributed by atoms with Crippen molar-refractivity contribution in [3.63, 3.8) is 0 Å². The molecule has 208 valence electrons. The highest BCUT2D eigenvalue weighted by molar-refractivity contribution is 5.69. The summed E-state index contributed by atoms with van der Waals surface area (Å²) in [5, 5.41) is 46.4. The van der Waals surface area contributed by atoms with E-state index in [4.69, 9.17) is 18.9 Å². The van der Waals surface area contributed by atoms with Crippen molar-refractivity contribution in [1.82, 2.24) is 0 Å². The van der Waals surface area contributed by atoms with Gasteiger partial charge in [-0.3, -0.25) is 14.4 Å². The lowest BCUT2D eigenvalue weighted by Crippen LogP contribution is -2.78. The van der Waals surface area contributed by atoms with E-state index in [9.17, 15) is 34.8 Å². The van der Waals surface area contributed by atoms with E-state index in [0.717, 1.165) is 0 Å². The minimum Gasteiger partial charge on any atom is -0.461 e. The van der Waals surface area contributed by atoms with Gasteiger partial charge in [-0.1, -0.05) is 6.92 Å². The molecular weight excluding hydrogens is 488 g/mol. The summed E-state index contributed by atoms with van der Waals surface area (Å²) < 4.78 is 23.3. The van der Waals surface area contributed by atoms with E-state index in [0.29, 0.717) is 5.57 Å². The lowest BCUT2D eigenvalue weighted by Gasteiger charge is -2.65. The van der Waals surface area contributed by atoms with Crippen molar-refractivity contribution in [2.45, 2.75) is 109 Å². The SMILES string of the molecule is CC(=O)O[C@@H]1C2=C(C)[C@@H](O)C[C@@]2(C(C)(C)O)[C@@H](OC(C)=O)[C@@H]2[C@]3(OC(C)=O)CO[C@H]3C[C@H](O)[C@@]2(C)[C@H]1O. The van der Waals surface area contributed by atoms with Crippen LogP contribution in [0.25, 0.3) is 0 Å². The van der Waals surface area contributed by atoms with Crippen LogP contribution >= 0.6 is 0 Å². The fourth-order valence-electron chi connectivity index (χ4n) is 7.70. The Labute approximate surface area is 215 Å². The van der Waals surface area contributed by atoms with Crippen molar-refractivity contribution in [1.29, 1.82) is 0 Å². The molecule has 0 aromatic carbocycles. The van der Waals surface area contributed by atoms with Gasteiger partial charge < -0.3 is 39.4 Å². The number of rotatable bonds is 4. The molecule has 1 heterocycles. The number of aliphatic hydroxyl groups excluding tert-OH is 3. The van der Waals surface area contributed by atoms with Gasteiger partial charge in [0, 0.05) is 32.6 Å². The standard InChI is InChI=1S/C26H38O11/c1-11-15(30)9-25(23(5,6)33)18(11)19(35-12(2)27)21(32)24(7)16(31)8-17-26(10-34-17,37-14(4)29)20(24)22(25)36-13(3)28/h15-17,19-22,30-33H,8-10H2,1-7H3/t15-,16-,17-,19+,20-,21-,22-,24+,25-,26-/m0/s1. The number of esters is 3. The van der Waals surface area contributed by atoms with Gasteiger partial charge in [-0.05, 0) is 38.3 Å². The number of hydrogen-bond acceptors (Lipinski definition) is 11. The Balaban J connectivity index is 2.14. The van der Waals surface area contributed by atoms with Gasteiger partial charge in [0.25, 0.3) is 0 Å². The van der Waals surface area contributed by atoms with E-state index in [2.05, 4.69) is 0 Å². The van der Waals surface area contributed by atoms with Gasteiger partial charge in [0.05, 0.1) is 35.7 Å². The number of hydrogen-bond donors (Lipinski definition) is 4. The lowest BCUT2D eigenvalue weighted by atomic mass is 9.49. The minimum absolute atomic E-state index is 0.00685. The Hall–Kier alpha value is -2.05. The Morgan fingerprint density at radius 2 is 1.62 bits per heavy atom. The molecule has 11 heteroatoms. The summed E-state index contributed by atoms with van der Waals surface area (Å²) in [6.45, 7) is 9.63. The number of aliphatic hydroxyl groups is 4. The molecule has 0 bridgehead atoms. The normalized spacial score (nSPS) is 45.0. The predicted molar refractivity (Wildman–Crippen MR) is 126 cm³/mol. The zero-order valence-electron chi connectivity index (χ0n) is 22.3. The van der Waals surface area contributed by atoms with E-state index >= 15 is 0 Å². The molecule has 4 aliphatic rings. The van der Waals surface area contributed by atoms with Crippen molar-refractivity contribution in [2.75, 3.05) is 6.61 Å². The van der Waals surface area contributed by atoms with Crippen molar-refractivity contribution >= 4 is 17.9 Å².